The Morgan fingerprint density at radius 2 is 1.71 bits per heavy atom. The Morgan fingerprint density at radius 3 is 2.43 bits per heavy atom. The third-order valence-electron chi connectivity index (χ3n) is 5.48. The number of hydrogen-bond donors (Lipinski definition) is 0. The molecule has 3 rings (SSSR count). The zero-order valence-electron chi connectivity index (χ0n) is 13.4. The molecule has 3 atom stereocenters. The number of halogens is 1. The molecule has 0 N–H and O–H groups in total. The molecule has 1 aromatic rings. The molecule has 3 unspecified atom stereocenters. The molecule has 1 fully saturated rings. The van der Waals surface area contributed by atoms with Crippen LogP contribution < -0.4 is 0 Å². The second kappa shape index (κ2) is 6.71. The Balaban J connectivity index is 1.71. The monoisotopic (exact) mass is 305 g/mol. The number of fused-ring (bicyclic) bond motifs is 1. The number of alkyl halides is 1. The van der Waals surface area contributed by atoms with Gasteiger partial charge in [-0.25, -0.2) is 0 Å². The summed E-state index contributed by atoms with van der Waals surface area (Å²) in [7, 11) is 0. The average molecular weight is 306 g/mol. The molecular formula is C19H28ClN. The fourth-order valence-electron chi connectivity index (χ4n) is 4.07. The highest BCUT2D eigenvalue weighted by Gasteiger charge is 2.27. The van der Waals surface area contributed by atoms with E-state index in [9.17, 15) is 0 Å². The van der Waals surface area contributed by atoms with E-state index in [1.165, 1.54) is 50.5 Å². The van der Waals surface area contributed by atoms with E-state index in [-0.39, 0.29) is 5.38 Å². The van der Waals surface area contributed by atoms with Crippen LogP contribution in [0.2, 0.25) is 0 Å². The van der Waals surface area contributed by atoms with Crippen molar-refractivity contribution < 1.29 is 0 Å². The minimum atomic E-state index is 0.125. The van der Waals surface area contributed by atoms with E-state index in [0.717, 1.165) is 6.54 Å². The van der Waals surface area contributed by atoms with Gasteiger partial charge in [0.15, 0.2) is 0 Å². The molecule has 0 saturated carbocycles. The molecular weight excluding hydrogens is 278 g/mol. The minimum absolute atomic E-state index is 0.125. The lowest BCUT2D eigenvalue weighted by Crippen LogP contribution is -2.45. The normalized spacial score (nSPS) is 28.1. The second-order valence-corrected chi connectivity index (χ2v) is 7.56. The van der Waals surface area contributed by atoms with Crippen molar-refractivity contribution in [3.05, 3.63) is 34.9 Å². The van der Waals surface area contributed by atoms with Gasteiger partial charge >= 0.3 is 0 Å². The molecule has 2 aliphatic rings. The number of piperidine rings is 1. The summed E-state index contributed by atoms with van der Waals surface area (Å²) in [5.74, 6) is 0. The zero-order chi connectivity index (χ0) is 14.8. The Kier molecular flexibility index (Phi) is 4.91. The van der Waals surface area contributed by atoms with E-state index >= 15 is 0 Å². The van der Waals surface area contributed by atoms with Crippen LogP contribution in [0.3, 0.4) is 0 Å². The van der Waals surface area contributed by atoms with Crippen molar-refractivity contribution >= 4 is 11.6 Å². The van der Waals surface area contributed by atoms with Crippen molar-refractivity contribution in [1.29, 1.82) is 0 Å². The molecule has 2 heteroatoms. The molecule has 1 heterocycles. The van der Waals surface area contributed by atoms with Crippen molar-refractivity contribution in [2.45, 2.75) is 76.3 Å². The first-order valence-electron chi connectivity index (χ1n) is 8.66. The standard InChI is InChI=1S/C19H28ClN/c1-14-6-5-7-15(2)21(14)13-19(20)18-11-10-16-8-3-4-9-17(16)12-18/h10-12,14-15,19H,3-9,13H2,1-2H3. The highest BCUT2D eigenvalue weighted by Crippen LogP contribution is 2.31. The summed E-state index contributed by atoms with van der Waals surface area (Å²) in [6, 6.07) is 8.31. The molecule has 1 saturated heterocycles. The topological polar surface area (TPSA) is 3.24 Å². The Labute approximate surface area is 134 Å². The molecule has 1 aromatic carbocycles. The first kappa shape index (κ1) is 15.4. The van der Waals surface area contributed by atoms with Crippen LogP contribution in [0.4, 0.5) is 0 Å². The first-order valence-corrected chi connectivity index (χ1v) is 9.10. The van der Waals surface area contributed by atoms with Crippen LogP contribution >= 0.6 is 11.6 Å². The van der Waals surface area contributed by atoms with E-state index in [4.69, 9.17) is 11.6 Å². The van der Waals surface area contributed by atoms with Gasteiger partial charge in [-0.15, -0.1) is 11.6 Å². The van der Waals surface area contributed by atoms with Crippen LogP contribution in [0.5, 0.6) is 0 Å². The summed E-state index contributed by atoms with van der Waals surface area (Å²) in [6.07, 6.45) is 9.18. The van der Waals surface area contributed by atoms with Crippen LogP contribution in [-0.2, 0) is 12.8 Å². The van der Waals surface area contributed by atoms with Crippen LogP contribution in [0.1, 0.15) is 68.0 Å². The molecule has 0 aromatic heterocycles. The highest BCUT2D eigenvalue weighted by molar-refractivity contribution is 6.21. The lowest BCUT2D eigenvalue weighted by Gasteiger charge is -2.40. The summed E-state index contributed by atoms with van der Waals surface area (Å²) in [4.78, 5) is 2.61. The van der Waals surface area contributed by atoms with Crippen LogP contribution in [-0.4, -0.2) is 23.5 Å². The second-order valence-electron chi connectivity index (χ2n) is 7.03. The number of hydrogen-bond acceptors (Lipinski definition) is 1. The number of aryl methyl sites for hydroxylation is 2. The van der Waals surface area contributed by atoms with Crippen molar-refractivity contribution in [3.8, 4) is 0 Å². The zero-order valence-corrected chi connectivity index (χ0v) is 14.2. The quantitative estimate of drug-likeness (QED) is 0.702. The Morgan fingerprint density at radius 1 is 1.05 bits per heavy atom. The van der Waals surface area contributed by atoms with Gasteiger partial charge < -0.3 is 0 Å². The van der Waals surface area contributed by atoms with Gasteiger partial charge in [0.1, 0.15) is 0 Å². The number of rotatable bonds is 3. The largest absolute Gasteiger partial charge is 0.296 e. The molecule has 1 aliphatic heterocycles. The molecule has 1 aliphatic carbocycles. The molecule has 0 radical (unpaired) electrons. The maximum Gasteiger partial charge on any atom is 0.0712 e. The van der Waals surface area contributed by atoms with Gasteiger partial charge in [0, 0.05) is 18.6 Å². The first-order chi connectivity index (χ1) is 10.1. The Hall–Kier alpha value is -0.530. The van der Waals surface area contributed by atoms with Crippen LogP contribution in [0.25, 0.3) is 0 Å². The average Bonchev–Trinajstić information content (AvgIpc) is 2.50. The highest BCUT2D eigenvalue weighted by atomic mass is 35.5. The Bertz CT molecular complexity index is 474. The molecule has 1 nitrogen and oxygen atoms in total. The summed E-state index contributed by atoms with van der Waals surface area (Å²) in [5.41, 5.74) is 4.42. The van der Waals surface area contributed by atoms with E-state index in [1.54, 1.807) is 11.1 Å². The number of likely N-dealkylation sites (tertiary alicyclic amines) is 1. The van der Waals surface area contributed by atoms with Gasteiger partial charge in [0.2, 0.25) is 0 Å². The third kappa shape index (κ3) is 3.46. The van der Waals surface area contributed by atoms with Crippen molar-refractivity contribution in [1.82, 2.24) is 4.90 Å². The van der Waals surface area contributed by atoms with Gasteiger partial charge in [0.05, 0.1) is 5.38 Å². The summed E-state index contributed by atoms with van der Waals surface area (Å²) < 4.78 is 0. The van der Waals surface area contributed by atoms with Gasteiger partial charge in [-0.1, -0.05) is 24.6 Å². The SMILES string of the molecule is CC1CCCC(C)N1CC(Cl)c1ccc2c(c1)CCCC2. The molecule has 0 bridgehead atoms. The van der Waals surface area contributed by atoms with Gasteiger partial charge in [0.25, 0.3) is 0 Å². The molecule has 0 spiro atoms. The van der Waals surface area contributed by atoms with E-state index < -0.39 is 0 Å². The van der Waals surface area contributed by atoms with Crippen molar-refractivity contribution in [2.24, 2.45) is 0 Å². The minimum Gasteiger partial charge on any atom is -0.296 e. The lowest BCUT2D eigenvalue weighted by molar-refractivity contribution is 0.103. The molecule has 116 valence electrons. The fraction of sp³-hybridized carbons (Fsp3) is 0.684. The van der Waals surface area contributed by atoms with Gasteiger partial charge in [-0.3, -0.25) is 4.90 Å². The van der Waals surface area contributed by atoms with Crippen molar-refractivity contribution in [3.63, 3.8) is 0 Å². The number of benzene rings is 1. The van der Waals surface area contributed by atoms with E-state index in [1.807, 2.05) is 0 Å². The molecule has 21 heavy (non-hydrogen) atoms. The predicted octanol–water partition coefficient (Wildman–Crippen LogP) is 5.11. The van der Waals surface area contributed by atoms with E-state index in [2.05, 4.69) is 36.9 Å². The smallest absolute Gasteiger partial charge is 0.0712 e. The maximum atomic E-state index is 6.77. The van der Waals surface area contributed by atoms with Crippen molar-refractivity contribution in [2.75, 3.05) is 6.54 Å². The van der Waals surface area contributed by atoms with Gasteiger partial charge in [-0.05, 0) is 69.1 Å². The summed E-state index contributed by atoms with van der Waals surface area (Å²) in [6.45, 7) is 5.70. The van der Waals surface area contributed by atoms with E-state index in [0.29, 0.717) is 12.1 Å². The third-order valence-corrected chi connectivity index (χ3v) is 5.87. The van der Waals surface area contributed by atoms with Crippen LogP contribution in [0.15, 0.2) is 18.2 Å². The maximum absolute atomic E-state index is 6.77. The van der Waals surface area contributed by atoms with Crippen LogP contribution in [0, 0.1) is 0 Å². The lowest BCUT2D eigenvalue weighted by atomic mass is 9.89. The number of nitrogens with zero attached hydrogens (tertiary/aromatic N) is 1. The summed E-state index contributed by atoms with van der Waals surface area (Å²) >= 11 is 6.77. The fourth-order valence-corrected chi connectivity index (χ4v) is 4.37. The predicted molar refractivity (Wildman–Crippen MR) is 91.2 cm³/mol. The van der Waals surface area contributed by atoms with Gasteiger partial charge in [-0.2, -0.15) is 0 Å². The summed E-state index contributed by atoms with van der Waals surface area (Å²) in [5, 5.41) is 0.125. The molecule has 0 amide bonds.